The van der Waals surface area contributed by atoms with Gasteiger partial charge >= 0.3 is 0 Å². The number of benzene rings is 2. The molecule has 0 fully saturated rings. The molecule has 2 N–H and O–H groups in total. The van der Waals surface area contributed by atoms with E-state index >= 15 is 0 Å². The summed E-state index contributed by atoms with van der Waals surface area (Å²) >= 11 is 3.44. The first-order valence-corrected chi connectivity index (χ1v) is 7.80. The Morgan fingerprint density at radius 3 is 2.57 bits per heavy atom. The highest BCUT2D eigenvalue weighted by atomic mass is 79.9. The lowest BCUT2D eigenvalue weighted by Gasteiger charge is -2.13. The molecule has 3 rings (SSSR count). The summed E-state index contributed by atoms with van der Waals surface area (Å²) in [7, 11) is 0. The highest BCUT2D eigenvalue weighted by Gasteiger charge is 2.15. The van der Waals surface area contributed by atoms with Gasteiger partial charge in [-0.2, -0.15) is 0 Å². The third-order valence-electron chi connectivity index (χ3n) is 3.62. The Morgan fingerprint density at radius 2 is 1.90 bits per heavy atom. The van der Waals surface area contributed by atoms with Crippen molar-refractivity contribution in [1.29, 1.82) is 0 Å². The summed E-state index contributed by atoms with van der Waals surface area (Å²) in [5.41, 5.74) is 11.2. The van der Waals surface area contributed by atoms with Crippen LogP contribution in [0.4, 0.5) is 5.69 Å². The number of aryl methyl sites for hydroxylation is 1. The van der Waals surface area contributed by atoms with Crippen molar-refractivity contribution in [1.82, 2.24) is 9.55 Å². The molecule has 0 radical (unpaired) electrons. The van der Waals surface area contributed by atoms with Gasteiger partial charge in [-0.3, -0.25) is 0 Å². The van der Waals surface area contributed by atoms with Gasteiger partial charge in [-0.15, -0.1) is 0 Å². The quantitative estimate of drug-likeness (QED) is 0.670. The van der Waals surface area contributed by atoms with E-state index in [1.54, 1.807) is 0 Å². The minimum absolute atomic E-state index is 0.331. The second-order valence-corrected chi connectivity index (χ2v) is 6.48. The van der Waals surface area contributed by atoms with E-state index in [1.807, 2.05) is 18.2 Å². The normalized spacial score (nSPS) is 11.5. The van der Waals surface area contributed by atoms with Crippen molar-refractivity contribution < 1.29 is 0 Å². The molecule has 21 heavy (non-hydrogen) atoms. The maximum absolute atomic E-state index is 6.02. The summed E-state index contributed by atoms with van der Waals surface area (Å²) in [6, 6.07) is 12.7. The minimum Gasteiger partial charge on any atom is -0.398 e. The van der Waals surface area contributed by atoms with Gasteiger partial charge in [-0.05, 0) is 72.6 Å². The average Bonchev–Trinajstić information content (AvgIpc) is 2.80. The van der Waals surface area contributed by atoms with Crippen molar-refractivity contribution in [3.8, 4) is 11.4 Å². The molecule has 3 nitrogen and oxygen atoms in total. The zero-order valence-electron chi connectivity index (χ0n) is 12.4. The minimum atomic E-state index is 0.331. The molecule has 2 aromatic carbocycles. The van der Waals surface area contributed by atoms with Crippen LogP contribution in [0.15, 0.2) is 40.9 Å². The topological polar surface area (TPSA) is 43.8 Å². The molecule has 0 bridgehead atoms. The maximum atomic E-state index is 6.02. The van der Waals surface area contributed by atoms with Crippen LogP contribution in [0.25, 0.3) is 22.4 Å². The van der Waals surface area contributed by atoms with E-state index in [-0.39, 0.29) is 0 Å². The zero-order valence-corrected chi connectivity index (χ0v) is 14.0. The molecular weight excluding hydrogens is 326 g/mol. The molecule has 0 saturated carbocycles. The Labute approximate surface area is 132 Å². The van der Waals surface area contributed by atoms with Crippen molar-refractivity contribution in [3.63, 3.8) is 0 Å². The summed E-state index contributed by atoms with van der Waals surface area (Å²) in [5.74, 6) is 0.963. The van der Waals surface area contributed by atoms with E-state index in [0.717, 1.165) is 32.6 Å². The van der Waals surface area contributed by atoms with Crippen LogP contribution in [0.1, 0.15) is 25.5 Å². The molecule has 108 valence electrons. The smallest absolute Gasteiger partial charge is 0.141 e. The van der Waals surface area contributed by atoms with E-state index in [9.17, 15) is 0 Å². The third kappa shape index (κ3) is 2.44. The maximum Gasteiger partial charge on any atom is 0.141 e. The predicted molar refractivity (Wildman–Crippen MR) is 92.4 cm³/mol. The molecule has 0 aliphatic rings. The number of fused-ring (bicyclic) bond motifs is 1. The van der Waals surface area contributed by atoms with E-state index < -0.39 is 0 Å². The van der Waals surface area contributed by atoms with Crippen molar-refractivity contribution >= 4 is 32.7 Å². The van der Waals surface area contributed by atoms with Crippen molar-refractivity contribution in [2.45, 2.75) is 26.8 Å². The monoisotopic (exact) mass is 343 g/mol. The van der Waals surface area contributed by atoms with Gasteiger partial charge in [0.2, 0.25) is 0 Å². The number of hydrogen-bond acceptors (Lipinski definition) is 2. The summed E-state index contributed by atoms with van der Waals surface area (Å²) in [6.07, 6.45) is 0. The summed E-state index contributed by atoms with van der Waals surface area (Å²) in [5, 5.41) is 0. The number of nitrogen functional groups attached to an aromatic ring is 1. The summed E-state index contributed by atoms with van der Waals surface area (Å²) < 4.78 is 3.17. The van der Waals surface area contributed by atoms with Gasteiger partial charge in [0.15, 0.2) is 0 Å². The lowest BCUT2D eigenvalue weighted by atomic mass is 10.2. The first-order chi connectivity index (χ1) is 9.97. The van der Waals surface area contributed by atoms with Crippen molar-refractivity contribution in [2.75, 3.05) is 5.73 Å². The van der Waals surface area contributed by atoms with Crippen LogP contribution in [0.5, 0.6) is 0 Å². The Bertz CT molecular complexity index is 818. The lowest BCUT2D eigenvalue weighted by molar-refractivity contribution is 0.624. The molecule has 0 spiro atoms. The number of nitrogens with zero attached hydrogens (tertiary/aromatic N) is 2. The van der Waals surface area contributed by atoms with E-state index in [4.69, 9.17) is 10.7 Å². The van der Waals surface area contributed by atoms with Crippen LogP contribution in [-0.2, 0) is 0 Å². The molecular formula is C17H18BrN3. The van der Waals surface area contributed by atoms with E-state index in [2.05, 4.69) is 59.5 Å². The summed E-state index contributed by atoms with van der Waals surface area (Å²) in [4.78, 5) is 4.83. The molecule has 3 aromatic rings. The first kappa shape index (κ1) is 14.1. The number of rotatable bonds is 2. The SMILES string of the molecule is Cc1ccc2c(c1)nc(-c1ccc(Br)c(N)c1)n2C(C)C. The number of hydrogen-bond donors (Lipinski definition) is 1. The van der Waals surface area contributed by atoms with Crippen LogP contribution < -0.4 is 5.73 Å². The zero-order chi connectivity index (χ0) is 15.1. The molecule has 0 atom stereocenters. The Hall–Kier alpha value is -1.81. The van der Waals surface area contributed by atoms with Gasteiger partial charge in [0, 0.05) is 21.8 Å². The predicted octanol–water partition coefficient (Wildman–Crippen LogP) is 4.94. The molecule has 1 heterocycles. The lowest BCUT2D eigenvalue weighted by Crippen LogP contribution is -2.03. The van der Waals surface area contributed by atoms with E-state index in [1.165, 1.54) is 5.56 Å². The van der Waals surface area contributed by atoms with Gasteiger partial charge in [0.25, 0.3) is 0 Å². The van der Waals surface area contributed by atoms with Gasteiger partial charge < -0.3 is 10.3 Å². The molecule has 1 aromatic heterocycles. The summed E-state index contributed by atoms with van der Waals surface area (Å²) in [6.45, 7) is 6.44. The number of nitrogens with two attached hydrogens (primary N) is 1. The number of imidazole rings is 1. The molecule has 0 saturated heterocycles. The van der Waals surface area contributed by atoms with Crippen molar-refractivity contribution in [3.05, 3.63) is 46.4 Å². The first-order valence-electron chi connectivity index (χ1n) is 7.01. The van der Waals surface area contributed by atoms with Crippen LogP contribution in [0.3, 0.4) is 0 Å². The Kier molecular flexibility index (Phi) is 3.49. The van der Waals surface area contributed by atoms with Gasteiger partial charge in [-0.1, -0.05) is 6.07 Å². The van der Waals surface area contributed by atoms with Crippen LogP contribution in [0.2, 0.25) is 0 Å². The highest BCUT2D eigenvalue weighted by Crippen LogP contribution is 2.31. The largest absolute Gasteiger partial charge is 0.398 e. The second-order valence-electron chi connectivity index (χ2n) is 5.63. The number of aromatic nitrogens is 2. The van der Waals surface area contributed by atoms with Crippen LogP contribution in [-0.4, -0.2) is 9.55 Å². The van der Waals surface area contributed by atoms with Gasteiger partial charge in [-0.25, -0.2) is 4.98 Å². The molecule has 0 unspecified atom stereocenters. The standard InChI is InChI=1S/C17H18BrN3/c1-10(2)21-16-7-4-11(3)8-15(16)20-17(21)12-5-6-13(18)14(19)9-12/h4-10H,19H2,1-3H3. The fraction of sp³-hybridized carbons (Fsp3) is 0.235. The highest BCUT2D eigenvalue weighted by molar-refractivity contribution is 9.10. The van der Waals surface area contributed by atoms with E-state index in [0.29, 0.717) is 6.04 Å². The molecule has 0 aliphatic heterocycles. The van der Waals surface area contributed by atoms with Gasteiger partial charge in [0.05, 0.1) is 11.0 Å². The number of halogens is 1. The molecule has 0 amide bonds. The fourth-order valence-corrected chi connectivity index (χ4v) is 2.86. The molecule has 4 heteroatoms. The fourth-order valence-electron chi connectivity index (χ4n) is 2.62. The van der Waals surface area contributed by atoms with Gasteiger partial charge in [0.1, 0.15) is 5.82 Å². The average molecular weight is 344 g/mol. The van der Waals surface area contributed by atoms with Crippen LogP contribution in [0, 0.1) is 6.92 Å². The Balaban J connectivity index is 2.30. The Morgan fingerprint density at radius 1 is 1.14 bits per heavy atom. The van der Waals surface area contributed by atoms with Crippen molar-refractivity contribution in [2.24, 2.45) is 0 Å². The van der Waals surface area contributed by atoms with Crippen LogP contribution >= 0.6 is 15.9 Å². The second kappa shape index (κ2) is 5.19. The third-order valence-corrected chi connectivity index (χ3v) is 4.34. The number of anilines is 1. The molecule has 0 aliphatic carbocycles.